The van der Waals surface area contributed by atoms with E-state index in [0.29, 0.717) is 16.2 Å². The van der Waals surface area contributed by atoms with Crippen LogP contribution in [0.3, 0.4) is 0 Å². The summed E-state index contributed by atoms with van der Waals surface area (Å²) in [6.07, 6.45) is -3.10. The van der Waals surface area contributed by atoms with Crippen LogP contribution in [0.15, 0.2) is 29.3 Å². The number of nitrogens with zero attached hydrogens (tertiary/aromatic N) is 3. The summed E-state index contributed by atoms with van der Waals surface area (Å²) < 4.78 is 90.7. The molecule has 1 fully saturated rings. The van der Waals surface area contributed by atoms with E-state index in [-0.39, 0.29) is 46.5 Å². The van der Waals surface area contributed by atoms with Crippen molar-refractivity contribution in [3.8, 4) is 11.4 Å². The predicted octanol–water partition coefficient (Wildman–Crippen LogP) is 4.29. The predicted molar refractivity (Wildman–Crippen MR) is 109 cm³/mol. The number of anilines is 1. The summed E-state index contributed by atoms with van der Waals surface area (Å²) in [4.78, 5) is 21.2. The second kappa shape index (κ2) is 8.00. The molecular formula is C21H20F5N3O3S. The van der Waals surface area contributed by atoms with E-state index >= 15 is 0 Å². The number of sulfone groups is 1. The first-order chi connectivity index (χ1) is 15.3. The van der Waals surface area contributed by atoms with Gasteiger partial charge in [0.05, 0.1) is 34.8 Å². The second-order valence-corrected chi connectivity index (χ2v) is 10.4. The highest BCUT2D eigenvalue weighted by Gasteiger charge is 2.59. The van der Waals surface area contributed by atoms with Crippen molar-refractivity contribution in [1.29, 1.82) is 0 Å². The molecule has 2 aromatic heterocycles. The lowest BCUT2D eigenvalue weighted by Gasteiger charge is -2.32. The van der Waals surface area contributed by atoms with Gasteiger partial charge in [-0.25, -0.2) is 13.4 Å². The molecule has 3 heterocycles. The van der Waals surface area contributed by atoms with Crippen molar-refractivity contribution in [2.24, 2.45) is 0 Å². The maximum Gasteiger partial charge on any atom is 0.455 e. The van der Waals surface area contributed by atoms with E-state index in [1.165, 1.54) is 19.1 Å². The fourth-order valence-corrected chi connectivity index (χ4v) is 4.72. The van der Waals surface area contributed by atoms with Gasteiger partial charge in [0.1, 0.15) is 5.69 Å². The Morgan fingerprint density at radius 2 is 1.82 bits per heavy atom. The number of hydrogen-bond acceptors (Lipinski definition) is 5. The average molecular weight is 489 g/mol. The molecule has 33 heavy (non-hydrogen) atoms. The molecule has 0 spiro atoms. The number of fused-ring (bicyclic) bond motifs is 1. The first-order valence-corrected chi connectivity index (χ1v) is 12.0. The highest BCUT2D eigenvalue weighted by Crippen LogP contribution is 2.42. The lowest BCUT2D eigenvalue weighted by Crippen LogP contribution is -2.50. The lowest BCUT2D eigenvalue weighted by atomic mass is 10.0. The molecule has 6 nitrogen and oxygen atoms in total. The third-order valence-corrected chi connectivity index (χ3v) is 7.53. The highest BCUT2D eigenvalue weighted by atomic mass is 32.2. The van der Waals surface area contributed by atoms with E-state index in [4.69, 9.17) is 0 Å². The number of hydrogen-bond donors (Lipinski definition) is 0. The number of aryl methyl sites for hydroxylation is 1. The number of carbonyl (C=O) groups excluding carboxylic acids is 1. The Hall–Kier alpha value is -2.63. The Bertz CT molecular complexity index is 1210. The van der Waals surface area contributed by atoms with Crippen LogP contribution in [0.5, 0.6) is 0 Å². The minimum atomic E-state index is -5.81. The summed E-state index contributed by atoms with van der Waals surface area (Å²) in [5.74, 6) is -5.93. The lowest BCUT2D eigenvalue weighted by molar-refractivity contribution is -0.276. The van der Waals surface area contributed by atoms with Gasteiger partial charge in [-0.3, -0.25) is 9.78 Å². The Kier molecular flexibility index (Phi) is 5.70. The largest absolute Gasteiger partial charge is 0.455 e. The van der Waals surface area contributed by atoms with Crippen LogP contribution in [0, 0.1) is 0 Å². The molecule has 1 saturated carbocycles. The van der Waals surface area contributed by atoms with Crippen LogP contribution in [-0.2, 0) is 21.1 Å². The maximum atomic E-state index is 13.7. The molecule has 0 unspecified atom stereocenters. The smallest absolute Gasteiger partial charge is 0.304 e. The van der Waals surface area contributed by atoms with E-state index in [1.807, 2.05) is 0 Å². The normalized spacial score (nSPS) is 17.3. The number of halogens is 5. The molecule has 178 valence electrons. The second-order valence-electron chi connectivity index (χ2n) is 8.14. The SMILES string of the molecule is CCS(=O)(=O)c1ccc(C2CC2)nc1-c1cc2c(cn1)N(CC(F)(F)C(F)(F)F)C(=O)CC2. The third kappa shape index (κ3) is 4.44. The highest BCUT2D eigenvalue weighted by molar-refractivity contribution is 7.91. The zero-order chi connectivity index (χ0) is 24.2. The number of amides is 1. The Morgan fingerprint density at radius 3 is 2.42 bits per heavy atom. The summed E-state index contributed by atoms with van der Waals surface area (Å²) >= 11 is 0. The molecule has 0 atom stereocenters. The minimum absolute atomic E-state index is 0.0332. The average Bonchev–Trinajstić information content (AvgIpc) is 3.59. The molecule has 1 aliphatic heterocycles. The van der Waals surface area contributed by atoms with Crippen molar-refractivity contribution < 1.29 is 35.2 Å². The summed E-state index contributed by atoms with van der Waals surface area (Å²) in [6, 6.07) is 4.53. The molecule has 0 aromatic carbocycles. The Labute approximate surface area is 186 Å². The van der Waals surface area contributed by atoms with E-state index < -0.39 is 34.4 Å². The van der Waals surface area contributed by atoms with Gasteiger partial charge in [0.25, 0.3) is 0 Å². The fourth-order valence-electron chi connectivity index (χ4n) is 3.69. The summed E-state index contributed by atoms with van der Waals surface area (Å²) in [5, 5.41) is 0. The molecule has 0 bridgehead atoms. The van der Waals surface area contributed by atoms with E-state index in [1.54, 1.807) is 6.07 Å². The summed E-state index contributed by atoms with van der Waals surface area (Å²) in [6.45, 7) is -0.368. The molecule has 12 heteroatoms. The molecule has 2 aliphatic rings. The Balaban J connectivity index is 1.78. The van der Waals surface area contributed by atoms with Crippen molar-refractivity contribution in [3.05, 3.63) is 35.7 Å². The van der Waals surface area contributed by atoms with Gasteiger partial charge in [-0.1, -0.05) is 6.92 Å². The van der Waals surface area contributed by atoms with Gasteiger partial charge in [-0.05, 0) is 43.0 Å². The molecule has 4 rings (SSSR count). The molecule has 2 aromatic rings. The monoisotopic (exact) mass is 489 g/mol. The van der Waals surface area contributed by atoms with Gasteiger partial charge in [0.15, 0.2) is 9.84 Å². The zero-order valence-corrected chi connectivity index (χ0v) is 18.3. The first kappa shape index (κ1) is 23.5. The van der Waals surface area contributed by atoms with Crippen molar-refractivity contribution in [2.75, 3.05) is 17.2 Å². The van der Waals surface area contributed by atoms with E-state index in [0.717, 1.165) is 19.0 Å². The third-order valence-electron chi connectivity index (χ3n) is 5.77. The van der Waals surface area contributed by atoms with Gasteiger partial charge in [-0.2, -0.15) is 22.0 Å². The van der Waals surface area contributed by atoms with E-state index in [2.05, 4.69) is 9.97 Å². The topological polar surface area (TPSA) is 80.2 Å². The van der Waals surface area contributed by atoms with E-state index in [9.17, 15) is 35.2 Å². The zero-order valence-electron chi connectivity index (χ0n) is 17.5. The number of rotatable bonds is 6. The van der Waals surface area contributed by atoms with Crippen LogP contribution in [0.4, 0.5) is 27.6 Å². The summed E-state index contributed by atoms with van der Waals surface area (Å²) in [5.41, 5.74) is 1.13. The van der Waals surface area contributed by atoms with Crippen LogP contribution < -0.4 is 4.90 Å². The number of alkyl halides is 5. The first-order valence-electron chi connectivity index (χ1n) is 10.3. The van der Waals surface area contributed by atoms with Crippen molar-refractivity contribution in [3.63, 3.8) is 0 Å². The molecule has 1 aliphatic carbocycles. The standard InChI is InChI=1S/C21H20F5N3O3S/c1-2-33(31,32)17-7-6-14(12-3-4-12)28-19(17)15-9-13-5-8-18(30)29(16(13)10-27-15)11-20(22,23)21(24,25)26/h6-7,9-10,12H,2-5,8,11H2,1H3. The van der Waals surface area contributed by atoms with Gasteiger partial charge in [0, 0.05) is 18.0 Å². The molecule has 0 saturated heterocycles. The van der Waals surface area contributed by atoms with Crippen LogP contribution in [0.2, 0.25) is 0 Å². The number of pyridine rings is 2. The number of carbonyl (C=O) groups is 1. The van der Waals surface area contributed by atoms with Gasteiger partial charge < -0.3 is 4.90 Å². The molecule has 1 amide bonds. The van der Waals surface area contributed by atoms with Crippen LogP contribution >= 0.6 is 0 Å². The van der Waals surface area contributed by atoms with Gasteiger partial charge >= 0.3 is 12.1 Å². The Morgan fingerprint density at radius 1 is 1.12 bits per heavy atom. The van der Waals surface area contributed by atoms with Crippen LogP contribution in [0.1, 0.15) is 43.4 Å². The van der Waals surface area contributed by atoms with Crippen LogP contribution in [0.25, 0.3) is 11.4 Å². The quantitative estimate of drug-likeness (QED) is 0.566. The minimum Gasteiger partial charge on any atom is -0.304 e. The molecular weight excluding hydrogens is 469 g/mol. The van der Waals surface area contributed by atoms with Gasteiger partial charge in [-0.15, -0.1) is 0 Å². The van der Waals surface area contributed by atoms with Crippen molar-refractivity contribution in [2.45, 2.75) is 55.5 Å². The fraction of sp³-hybridized carbons (Fsp3) is 0.476. The maximum absolute atomic E-state index is 13.7. The molecule has 0 radical (unpaired) electrons. The number of aromatic nitrogens is 2. The van der Waals surface area contributed by atoms with Crippen LogP contribution in [-0.4, -0.2) is 48.7 Å². The summed E-state index contributed by atoms with van der Waals surface area (Å²) in [7, 11) is -3.67. The van der Waals surface area contributed by atoms with Gasteiger partial charge in [0.2, 0.25) is 5.91 Å². The molecule has 0 N–H and O–H groups in total. The van der Waals surface area contributed by atoms with Crippen molar-refractivity contribution >= 4 is 21.4 Å². The van der Waals surface area contributed by atoms with Crippen molar-refractivity contribution in [1.82, 2.24) is 9.97 Å².